The van der Waals surface area contributed by atoms with Crippen molar-refractivity contribution < 1.29 is 4.79 Å². The molecule has 2 atom stereocenters. The van der Waals surface area contributed by atoms with Crippen LogP contribution >= 0.6 is 0 Å². The zero-order chi connectivity index (χ0) is 14.4. The average molecular weight is 267 g/mol. The van der Waals surface area contributed by atoms with E-state index in [9.17, 15) is 4.79 Å². The molecule has 2 aromatic carbocycles. The number of ketones is 1. The lowest BCUT2D eigenvalue weighted by Crippen LogP contribution is -2.37. The van der Waals surface area contributed by atoms with Gasteiger partial charge in [-0.25, -0.2) is 0 Å². The lowest BCUT2D eigenvalue weighted by molar-refractivity contribution is 0.0934. The van der Waals surface area contributed by atoms with E-state index < -0.39 is 0 Å². The van der Waals surface area contributed by atoms with Gasteiger partial charge in [0.2, 0.25) is 0 Å². The summed E-state index contributed by atoms with van der Waals surface area (Å²) in [5.41, 5.74) is 1.97. The maximum absolute atomic E-state index is 12.5. The van der Waals surface area contributed by atoms with Gasteiger partial charge in [-0.15, -0.1) is 0 Å². The van der Waals surface area contributed by atoms with E-state index in [4.69, 9.17) is 0 Å². The van der Waals surface area contributed by atoms with Crippen LogP contribution in [0.25, 0.3) is 0 Å². The molecule has 20 heavy (non-hydrogen) atoms. The van der Waals surface area contributed by atoms with Crippen molar-refractivity contribution in [2.24, 2.45) is 0 Å². The standard InChI is InChI=1S/C18H21NO/c1-3-17(18(20)16-12-8-5-9-13-16)19-14(2)15-10-6-4-7-11-15/h4-14,17,19H,3H2,1-2H3/t14-,17?/m1/s1. The molecule has 0 radical (unpaired) electrons. The second-order valence-corrected chi connectivity index (χ2v) is 4.99. The predicted molar refractivity (Wildman–Crippen MR) is 82.8 cm³/mol. The van der Waals surface area contributed by atoms with Crippen LogP contribution < -0.4 is 5.32 Å². The van der Waals surface area contributed by atoms with E-state index in [2.05, 4.69) is 24.4 Å². The van der Waals surface area contributed by atoms with Crippen LogP contribution in [0.5, 0.6) is 0 Å². The van der Waals surface area contributed by atoms with Crippen molar-refractivity contribution in [2.45, 2.75) is 32.4 Å². The molecule has 0 saturated carbocycles. The van der Waals surface area contributed by atoms with Gasteiger partial charge >= 0.3 is 0 Å². The largest absolute Gasteiger partial charge is 0.301 e. The first-order valence-corrected chi connectivity index (χ1v) is 7.12. The molecular weight excluding hydrogens is 246 g/mol. The molecule has 0 aliphatic rings. The van der Waals surface area contributed by atoms with E-state index in [1.165, 1.54) is 5.56 Å². The van der Waals surface area contributed by atoms with E-state index in [1.807, 2.05) is 55.5 Å². The smallest absolute Gasteiger partial charge is 0.179 e. The first-order chi connectivity index (χ1) is 9.72. The molecule has 2 rings (SSSR count). The lowest BCUT2D eigenvalue weighted by atomic mass is 10.00. The maximum atomic E-state index is 12.5. The van der Waals surface area contributed by atoms with Crippen molar-refractivity contribution in [3.8, 4) is 0 Å². The highest BCUT2D eigenvalue weighted by Crippen LogP contribution is 2.15. The van der Waals surface area contributed by atoms with Crippen molar-refractivity contribution in [1.29, 1.82) is 0 Å². The Morgan fingerprint density at radius 1 is 1.00 bits per heavy atom. The number of hydrogen-bond donors (Lipinski definition) is 1. The third-order valence-electron chi connectivity index (χ3n) is 3.53. The van der Waals surface area contributed by atoms with Gasteiger partial charge in [0, 0.05) is 11.6 Å². The summed E-state index contributed by atoms with van der Waals surface area (Å²) < 4.78 is 0. The number of nitrogens with one attached hydrogen (secondary N) is 1. The summed E-state index contributed by atoms with van der Waals surface area (Å²) in [5, 5.41) is 3.43. The summed E-state index contributed by atoms with van der Waals surface area (Å²) in [7, 11) is 0. The first-order valence-electron chi connectivity index (χ1n) is 7.12. The van der Waals surface area contributed by atoms with E-state index >= 15 is 0 Å². The summed E-state index contributed by atoms with van der Waals surface area (Å²) in [6.45, 7) is 4.13. The Bertz CT molecular complexity index is 536. The minimum Gasteiger partial charge on any atom is -0.301 e. The molecule has 0 bridgehead atoms. The number of carbonyl (C=O) groups excluding carboxylic acids is 1. The van der Waals surface area contributed by atoms with E-state index in [0.29, 0.717) is 0 Å². The molecule has 0 aliphatic heterocycles. The second-order valence-electron chi connectivity index (χ2n) is 4.99. The van der Waals surface area contributed by atoms with Gasteiger partial charge < -0.3 is 5.32 Å². The number of hydrogen-bond acceptors (Lipinski definition) is 2. The van der Waals surface area contributed by atoms with Crippen LogP contribution in [-0.2, 0) is 0 Å². The summed E-state index contributed by atoms with van der Waals surface area (Å²) in [6, 6.07) is 19.7. The van der Waals surface area contributed by atoms with E-state index in [0.717, 1.165) is 12.0 Å². The summed E-state index contributed by atoms with van der Waals surface area (Å²) in [6.07, 6.45) is 0.783. The number of rotatable bonds is 6. The van der Waals surface area contributed by atoms with Gasteiger partial charge in [0.05, 0.1) is 6.04 Å². The van der Waals surface area contributed by atoms with Crippen LogP contribution in [0, 0.1) is 0 Å². The van der Waals surface area contributed by atoms with Crippen molar-refractivity contribution >= 4 is 5.78 Å². The summed E-state index contributed by atoms with van der Waals surface area (Å²) in [5.74, 6) is 0.163. The molecule has 0 fully saturated rings. The fourth-order valence-electron chi connectivity index (χ4n) is 2.32. The third kappa shape index (κ3) is 3.55. The van der Waals surface area contributed by atoms with Crippen molar-refractivity contribution in [2.75, 3.05) is 0 Å². The molecule has 0 spiro atoms. The molecule has 104 valence electrons. The monoisotopic (exact) mass is 267 g/mol. The Kier molecular flexibility index (Phi) is 5.08. The number of benzene rings is 2. The molecule has 0 saturated heterocycles. The van der Waals surface area contributed by atoms with Gasteiger partial charge in [0.1, 0.15) is 0 Å². The number of carbonyl (C=O) groups is 1. The Labute approximate surface area is 120 Å². The topological polar surface area (TPSA) is 29.1 Å². The van der Waals surface area contributed by atoms with Crippen LogP contribution in [0.15, 0.2) is 60.7 Å². The molecule has 0 aliphatic carbocycles. The fraction of sp³-hybridized carbons (Fsp3) is 0.278. The normalized spacial score (nSPS) is 13.7. The Morgan fingerprint density at radius 3 is 2.10 bits per heavy atom. The summed E-state index contributed by atoms with van der Waals surface area (Å²) >= 11 is 0. The van der Waals surface area contributed by atoms with Crippen LogP contribution in [0.1, 0.15) is 42.2 Å². The Morgan fingerprint density at radius 2 is 1.55 bits per heavy atom. The molecule has 2 heteroatoms. The molecule has 1 N–H and O–H groups in total. The van der Waals surface area contributed by atoms with E-state index in [1.54, 1.807) is 0 Å². The van der Waals surface area contributed by atoms with Crippen LogP contribution in [0.3, 0.4) is 0 Å². The van der Waals surface area contributed by atoms with Crippen molar-refractivity contribution in [3.05, 3.63) is 71.8 Å². The number of Topliss-reactive ketones (excluding diaryl/α,β-unsaturated/α-hetero) is 1. The molecule has 0 aromatic heterocycles. The molecule has 2 aromatic rings. The highest BCUT2D eigenvalue weighted by atomic mass is 16.1. The van der Waals surface area contributed by atoms with Gasteiger partial charge in [0.25, 0.3) is 0 Å². The van der Waals surface area contributed by atoms with Crippen molar-refractivity contribution in [3.63, 3.8) is 0 Å². The van der Waals surface area contributed by atoms with Gasteiger partial charge in [-0.1, -0.05) is 67.6 Å². The first kappa shape index (κ1) is 14.5. The highest BCUT2D eigenvalue weighted by molar-refractivity contribution is 6.00. The second kappa shape index (κ2) is 7.01. The van der Waals surface area contributed by atoms with Crippen LogP contribution in [0.4, 0.5) is 0 Å². The fourth-order valence-corrected chi connectivity index (χ4v) is 2.32. The minimum atomic E-state index is -0.146. The van der Waals surface area contributed by atoms with Gasteiger partial charge in [-0.2, -0.15) is 0 Å². The molecule has 0 amide bonds. The molecule has 1 unspecified atom stereocenters. The minimum absolute atomic E-state index is 0.146. The van der Waals surface area contributed by atoms with Gasteiger partial charge in [0.15, 0.2) is 5.78 Å². The maximum Gasteiger partial charge on any atom is 0.179 e. The zero-order valence-corrected chi connectivity index (χ0v) is 12.0. The van der Waals surface area contributed by atoms with Gasteiger partial charge in [-0.3, -0.25) is 4.79 Å². The molecule has 0 heterocycles. The SMILES string of the molecule is CCC(N[C@H](C)c1ccccc1)C(=O)c1ccccc1. The zero-order valence-electron chi connectivity index (χ0n) is 12.0. The van der Waals surface area contributed by atoms with E-state index in [-0.39, 0.29) is 17.9 Å². The summed E-state index contributed by atoms with van der Waals surface area (Å²) in [4.78, 5) is 12.5. The highest BCUT2D eigenvalue weighted by Gasteiger charge is 2.20. The predicted octanol–water partition coefficient (Wildman–Crippen LogP) is 4.00. The van der Waals surface area contributed by atoms with Crippen LogP contribution in [-0.4, -0.2) is 11.8 Å². The lowest BCUT2D eigenvalue weighted by Gasteiger charge is -2.21. The molecule has 2 nitrogen and oxygen atoms in total. The van der Waals surface area contributed by atoms with Crippen LogP contribution in [0.2, 0.25) is 0 Å². The molecular formula is C18H21NO. The van der Waals surface area contributed by atoms with Crippen molar-refractivity contribution in [1.82, 2.24) is 5.32 Å². The Hall–Kier alpha value is -1.93. The van der Waals surface area contributed by atoms with Gasteiger partial charge in [-0.05, 0) is 18.9 Å². The third-order valence-corrected chi connectivity index (χ3v) is 3.53. The Balaban J connectivity index is 2.08. The average Bonchev–Trinajstić information content (AvgIpc) is 2.53. The quantitative estimate of drug-likeness (QED) is 0.802.